The van der Waals surface area contributed by atoms with E-state index in [0.29, 0.717) is 16.7 Å². The summed E-state index contributed by atoms with van der Waals surface area (Å²) in [6.07, 6.45) is 4.06. The molecule has 0 aliphatic heterocycles. The number of hydrogen-bond acceptors (Lipinski definition) is 11. The zero-order valence-electron chi connectivity index (χ0n) is 20.3. The number of nitrogens with zero attached hydrogens (tertiary/aromatic N) is 7. The summed E-state index contributed by atoms with van der Waals surface area (Å²) in [6, 6.07) is 0. The number of rotatable bonds is 11. The molecule has 0 N–H and O–H groups in total. The van der Waals surface area contributed by atoms with E-state index in [1.165, 1.54) is 37.5 Å². The number of halogens is 1. The molecule has 0 unspecified atom stereocenters. The van der Waals surface area contributed by atoms with Crippen molar-refractivity contribution < 1.29 is 22.6 Å². The van der Waals surface area contributed by atoms with Crippen molar-refractivity contribution in [2.75, 3.05) is 14.2 Å². The van der Waals surface area contributed by atoms with E-state index in [2.05, 4.69) is 30.1 Å². The summed E-state index contributed by atoms with van der Waals surface area (Å²) in [4.78, 5) is 16.6. The summed E-state index contributed by atoms with van der Waals surface area (Å²) in [6.45, 7) is 7.17. The average Bonchev–Trinajstić information content (AvgIpc) is 3.22. The fourth-order valence-electron chi connectivity index (χ4n) is 3.27. The Hall–Kier alpha value is -2.90. The van der Waals surface area contributed by atoms with Crippen LogP contribution in [0.5, 0.6) is 11.8 Å². The second-order valence-electron chi connectivity index (χ2n) is 8.03. The Morgan fingerprint density at radius 2 is 1.51 bits per heavy atom. The lowest BCUT2D eigenvalue weighted by atomic mass is 10.1. The lowest BCUT2D eigenvalue weighted by molar-refractivity contribution is 0.0603. The number of sulfone groups is 1. The fourth-order valence-corrected chi connectivity index (χ4v) is 4.92. The number of aromatic nitrogens is 7. The van der Waals surface area contributed by atoms with Crippen LogP contribution in [0.15, 0.2) is 18.7 Å². The first kappa shape index (κ1) is 26.7. The smallest absolute Gasteiger partial charge is 0.245 e. The van der Waals surface area contributed by atoms with Crippen molar-refractivity contribution in [3.05, 3.63) is 41.2 Å². The molecule has 3 heterocycles. The van der Waals surface area contributed by atoms with Crippen LogP contribution in [0.1, 0.15) is 51.1 Å². The van der Waals surface area contributed by atoms with Gasteiger partial charge >= 0.3 is 0 Å². The Morgan fingerprint density at radius 3 is 2.06 bits per heavy atom. The van der Waals surface area contributed by atoms with E-state index in [9.17, 15) is 8.42 Å². The molecule has 190 valence electrons. The van der Waals surface area contributed by atoms with E-state index in [0.717, 1.165) is 0 Å². The van der Waals surface area contributed by atoms with Gasteiger partial charge in [-0.25, -0.2) is 18.4 Å². The van der Waals surface area contributed by atoms with Gasteiger partial charge < -0.3 is 14.2 Å². The van der Waals surface area contributed by atoms with E-state index in [1.54, 1.807) is 13.8 Å². The van der Waals surface area contributed by atoms with Gasteiger partial charge in [0.15, 0.2) is 27.2 Å². The van der Waals surface area contributed by atoms with Gasteiger partial charge in [-0.15, -0.1) is 10.2 Å². The maximum atomic E-state index is 13.5. The molecule has 0 aliphatic carbocycles. The summed E-state index contributed by atoms with van der Waals surface area (Å²) < 4.78 is 45.0. The monoisotopic (exact) mass is 525 g/mol. The molecule has 0 aliphatic rings. The van der Waals surface area contributed by atoms with Gasteiger partial charge in [0.2, 0.25) is 11.8 Å². The van der Waals surface area contributed by atoms with Crippen LogP contribution in [0.25, 0.3) is 5.69 Å². The first-order chi connectivity index (χ1) is 16.6. The molecule has 0 fully saturated rings. The largest absolute Gasteiger partial charge is 0.479 e. The standard InChI is InChI=1S/C21H28ClN7O5S/c1-12(2)34-9-16-27-28-17(29(16)18-20(32-5)25-11-26-21(18)33-6)10-35(30,31)14(4)13(3)19-23-7-15(22)8-24-19/h7-8,11-14H,9-10H2,1-6H3/t13-,14-/m0/s1. The van der Waals surface area contributed by atoms with Gasteiger partial charge in [-0.3, -0.25) is 4.57 Å². The lowest BCUT2D eigenvalue weighted by Crippen LogP contribution is -2.27. The van der Waals surface area contributed by atoms with Crippen molar-refractivity contribution in [3.8, 4) is 17.4 Å². The highest BCUT2D eigenvalue weighted by Gasteiger charge is 2.33. The third-order valence-electron chi connectivity index (χ3n) is 5.36. The Morgan fingerprint density at radius 1 is 0.943 bits per heavy atom. The molecule has 0 saturated heterocycles. The number of hydrogen-bond donors (Lipinski definition) is 0. The van der Waals surface area contributed by atoms with Crippen molar-refractivity contribution in [3.63, 3.8) is 0 Å². The van der Waals surface area contributed by atoms with Crippen molar-refractivity contribution in [1.29, 1.82) is 0 Å². The third kappa shape index (κ3) is 6.03. The molecule has 3 rings (SSSR count). The van der Waals surface area contributed by atoms with Crippen molar-refractivity contribution in [2.45, 2.75) is 57.3 Å². The van der Waals surface area contributed by atoms with Gasteiger partial charge in [-0.05, 0) is 20.8 Å². The predicted molar refractivity (Wildman–Crippen MR) is 128 cm³/mol. The normalized spacial score (nSPS) is 13.6. The van der Waals surface area contributed by atoms with Crippen LogP contribution in [-0.2, 0) is 26.9 Å². The molecule has 3 aromatic rings. The molecule has 0 bridgehead atoms. The molecule has 3 aromatic heterocycles. The Balaban J connectivity index is 2.04. The van der Waals surface area contributed by atoms with E-state index in [1.807, 2.05) is 13.8 Å². The van der Waals surface area contributed by atoms with Gasteiger partial charge in [0.1, 0.15) is 24.5 Å². The maximum absolute atomic E-state index is 13.5. The van der Waals surface area contributed by atoms with Gasteiger partial charge in [0, 0.05) is 18.3 Å². The second-order valence-corrected chi connectivity index (χ2v) is 10.8. The zero-order chi connectivity index (χ0) is 25.8. The van der Waals surface area contributed by atoms with E-state index >= 15 is 0 Å². The first-order valence-electron chi connectivity index (χ1n) is 10.8. The summed E-state index contributed by atoms with van der Waals surface area (Å²) in [5.74, 6) is 0.252. The van der Waals surface area contributed by atoms with Crippen LogP contribution in [0.4, 0.5) is 0 Å². The quantitative estimate of drug-likeness (QED) is 0.364. The van der Waals surface area contributed by atoms with Crippen LogP contribution in [0, 0.1) is 0 Å². The van der Waals surface area contributed by atoms with Crippen LogP contribution in [0.2, 0.25) is 5.02 Å². The van der Waals surface area contributed by atoms with Gasteiger partial charge in [-0.2, -0.15) is 9.97 Å². The summed E-state index contributed by atoms with van der Waals surface area (Å²) in [7, 11) is -0.885. The zero-order valence-corrected chi connectivity index (χ0v) is 21.9. The highest BCUT2D eigenvalue weighted by atomic mass is 35.5. The van der Waals surface area contributed by atoms with Gasteiger partial charge in [0.25, 0.3) is 0 Å². The van der Waals surface area contributed by atoms with E-state index in [-0.39, 0.29) is 36.0 Å². The molecular formula is C21H28ClN7O5S. The van der Waals surface area contributed by atoms with Crippen LogP contribution in [-0.4, -0.2) is 68.7 Å². The minimum Gasteiger partial charge on any atom is -0.479 e. The van der Waals surface area contributed by atoms with Crippen molar-refractivity contribution >= 4 is 21.4 Å². The predicted octanol–water partition coefficient (Wildman–Crippen LogP) is 2.55. The maximum Gasteiger partial charge on any atom is 0.245 e. The Bertz CT molecular complexity index is 1230. The second kappa shape index (κ2) is 11.2. The minimum atomic E-state index is -3.76. The molecule has 0 aromatic carbocycles. The van der Waals surface area contributed by atoms with Crippen LogP contribution in [0.3, 0.4) is 0 Å². The summed E-state index contributed by atoms with van der Waals surface area (Å²) >= 11 is 5.86. The molecule has 0 spiro atoms. The van der Waals surface area contributed by atoms with Gasteiger partial charge in [0.05, 0.1) is 30.6 Å². The Kier molecular flexibility index (Phi) is 8.56. The first-order valence-corrected chi connectivity index (χ1v) is 12.9. The Labute approximate surface area is 209 Å². The fraction of sp³-hybridized carbons (Fsp3) is 0.524. The number of ether oxygens (including phenoxy) is 3. The minimum absolute atomic E-state index is 0.0660. The van der Waals surface area contributed by atoms with Gasteiger partial charge in [-0.1, -0.05) is 18.5 Å². The average molecular weight is 526 g/mol. The highest BCUT2D eigenvalue weighted by Crippen LogP contribution is 2.32. The molecule has 12 nitrogen and oxygen atoms in total. The van der Waals surface area contributed by atoms with E-state index < -0.39 is 26.8 Å². The molecule has 14 heteroatoms. The van der Waals surface area contributed by atoms with Crippen molar-refractivity contribution in [1.82, 2.24) is 34.7 Å². The van der Waals surface area contributed by atoms with E-state index in [4.69, 9.17) is 25.8 Å². The van der Waals surface area contributed by atoms with Crippen molar-refractivity contribution in [2.24, 2.45) is 0 Å². The SMILES string of the molecule is COc1ncnc(OC)c1-n1c(COC(C)C)nnc1CS(=O)(=O)[C@@H](C)[C@H](C)c1ncc(Cl)cn1. The molecule has 35 heavy (non-hydrogen) atoms. The summed E-state index contributed by atoms with van der Waals surface area (Å²) in [5, 5.41) is 7.90. The molecular weight excluding hydrogens is 498 g/mol. The van der Waals surface area contributed by atoms with Crippen LogP contribution < -0.4 is 9.47 Å². The lowest BCUT2D eigenvalue weighted by Gasteiger charge is -2.20. The van der Waals surface area contributed by atoms with Crippen LogP contribution >= 0.6 is 11.6 Å². The molecule has 0 amide bonds. The summed E-state index contributed by atoms with van der Waals surface area (Å²) in [5.41, 5.74) is 0.275. The topological polar surface area (TPSA) is 144 Å². The third-order valence-corrected chi connectivity index (χ3v) is 7.75. The highest BCUT2D eigenvalue weighted by molar-refractivity contribution is 7.91. The molecule has 0 radical (unpaired) electrons. The molecule has 0 saturated carbocycles. The number of methoxy groups -OCH3 is 2. The molecule has 2 atom stereocenters.